The Bertz CT molecular complexity index is 403. The summed E-state index contributed by atoms with van der Waals surface area (Å²) in [4.78, 5) is 7.06. The van der Waals surface area contributed by atoms with Gasteiger partial charge in [-0.05, 0) is 18.7 Å². The minimum atomic E-state index is 0.807. The van der Waals surface area contributed by atoms with E-state index in [0.29, 0.717) is 0 Å². The Kier molecular flexibility index (Phi) is 2.96. The van der Waals surface area contributed by atoms with Gasteiger partial charge in [-0.3, -0.25) is 5.43 Å². The van der Waals surface area contributed by atoms with Gasteiger partial charge in [0, 0.05) is 19.6 Å². The molecule has 0 amide bonds. The van der Waals surface area contributed by atoms with E-state index in [1.807, 2.05) is 7.05 Å². The third-order valence-electron chi connectivity index (χ3n) is 3.41. The highest BCUT2D eigenvalue weighted by atomic mass is 16.5. The average Bonchev–Trinajstić information content (AvgIpc) is 2.81. The number of aromatic nitrogens is 1. The third-order valence-corrected chi connectivity index (χ3v) is 3.41. The predicted octanol–water partition coefficient (Wildman–Crippen LogP) is 0.368. The van der Waals surface area contributed by atoms with Crippen LogP contribution in [0.1, 0.15) is 11.3 Å². The minimum Gasteiger partial charge on any atom is -0.378 e. The van der Waals surface area contributed by atoms with Gasteiger partial charge in [0.1, 0.15) is 5.82 Å². The Morgan fingerprint density at radius 3 is 2.82 bits per heavy atom. The van der Waals surface area contributed by atoms with Gasteiger partial charge in [-0.25, -0.2) is 9.99 Å². The molecule has 1 aromatic heterocycles. The van der Waals surface area contributed by atoms with E-state index in [1.54, 1.807) is 0 Å². The lowest BCUT2D eigenvalue weighted by atomic mass is 10.2. The number of anilines is 1. The van der Waals surface area contributed by atoms with Gasteiger partial charge in [0.15, 0.2) is 0 Å². The van der Waals surface area contributed by atoms with Crippen molar-refractivity contribution in [1.82, 2.24) is 15.4 Å². The molecule has 3 rings (SSSR count). The molecular formula is C12H18N4O. The second-order valence-electron chi connectivity index (χ2n) is 4.45. The highest BCUT2D eigenvalue weighted by Crippen LogP contribution is 2.23. The maximum Gasteiger partial charge on any atom is 0.129 e. The largest absolute Gasteiger partial charge is 0.378 e. The Labute approximate surface area is 101 Å². The van der Waals surface area contributed by atoms with E-state index in [4.69, 9.17) is 9.72 Å². The van der Waals surface area contributed by atoms with E-state index in [0.717, 1.165) is 45.2 Å². The summed E-state index contributed by atoms with van der Waals surface area (Å²) in [5.74, 6) is 1.09. The molecule has 1 N–H and O–H groups in total. The van der Waals surface area contributed by atoms with Crippen LogP contribution in [0, 0.1) is 0 Å². The molecule has 0 unspecified atom stereocenters. The first-order valence-electron chi connectivity index (χ1n) is 6.10. The first-order valence-corrected chi connectivity index (χ1v) is 6.10. The number of fused-ring (bicyclic) bond motifs is 1. The lowest BCUT2D eigenvalue weighted by Crippen LogP contribution is -2.36. The summed E-state index contributed by atoms with van der Waals surface area (Å²) in [6, 6.07) is 4.33. The Hall–Kier alpha value is -1.17. The van der Waals surface area contributed by atoms with Crippen molar-refractivity contribution in [3.8, 4) is 0 Å². The summed E-state index contributed by atoms with van der Waals surface area (Å²) in [6.07, 6.45) is 0. The number of hydrogen-bond acceptors (Lipinski definition) is 5. The molecule has 5 heteroatoms. The van der Waals surface area contributed by atoms with Gasteiger partial charge >= 0.3 is 0 Å². The number of nitrogens with zero attached hydrogens (tertiary/aromatic N) is 3. The molecule has 0 radical (unpaired) electrons. The maximum absolute atomic E-state index is 5.36. The van der Waals surface area contributed by atoms with Gasteiger partial charge in [0.2, 0.25) is 0 Å². The van der Waals surface area contributed by atoms with Crippen LogP contribution in [0.15, 0.2) is 12.1 Å². The zero-order valence-corrected chi connectivity index (χ0v) is 10.1. The highest BCUT2D eigenvalue weighted by Gasteiger charge is 2.21. The summed E-state index contributed by atoms with van der Waals surface area (Å²) in [5.41, 5.74) is 5.70. The molecule has 1 saturated heterocycles. The van der Waals surface area contributed by atoms with E-state index >= 15 is 0 Å². The lowest BCUT2D eigenvalue weighted by molar-refractivity contribution is 0.122. The molecule has 0 aliphatic carbocycles. The van der Waals surface area contributed by atoms with Gasteiger partial charge < -0.3 is 9.64 Å². The summed E-state index contributed by atoms with van der Waals surface area (Å²) in [6.45, 7) is 5.35. The number of hydrogen-bond donors (Lipinski definition) is 1. The monoisotopic (exact) mass is 234 g/mol. The molecule has 0 spiro atoms. The fourth-order valence-electron chi connectivity index (χ4n) is 2.37. The zero-order chi connectivity index (χ0) is 11.7. The first kappa shape index (κ1) is 11.0. The number of pyridine rings is 1. The Morgan fingerprint density at radius 2 is 2.06 bits per heavy atom. The van der Waals surface area contributed by atoms with E-state index < -0.39 is 0 Å². The van der Waals surface area contributed by atoms with Crippen LogP contribution >= 0.6 is 0 Å². The normalized spacial score (nSPS) is 20.6. The average molecular weight is 234 g/mol. The van der Waals surface area contributed by atoms with Crippen molar-refractivity contribution < 1.29 is 4.74 Å². The van der Waals surface area contributed by atoms with Crippen LogP contribution in [0.5, 0.6) is 0 Å². The van der Waals surface area contributed by atoms with Crippen molar-refractivity contribution in [2.24, 2.45) is 0 Å². The van der Waals surface area contributed by atoms with Crippen molar-refractivity contribution in [3.05, 3.63) is 23.4 Å². The minimum absolute atomic E-state index is 0.807. The summed E-state index contributed by atoms with van der Waals surface area (Å²) in [7, 11) is 1.95. The van der Waals surface area contributed by atoms with Gasteiger partial charge in [-0.2, -0.15) is 0 Å². The van der Waals surface area contributed by atoms with E-state index in [1.165, 1.54) is 11.3 Å². The fourth-order valence-corrected chi connectivity index (χ4v) is 2.37. The molecule has 0 atom stereocenters. The molecule has 92 valence electrons. The topological polar surface area (TPSA) is 40.6 Å². The van der Waals surface area contributed by atoms with Crippen LogP contribution in [-0.2, 0) is 17.8 Å². The van der Waals surface area contributed by atoms with Crippen molar-refractivity contribution >= 4 is 5.82 Å². The van der Waals surface area contributed by atoms with Crippen LogP contribution in [0.4, 0.5) is 5.82 Å². The van der Waals surface area contributed by atoms with Crippen LogP contribution in [-0.4, -0.2) is 43.3 Å². The molecule has 0 bridgehead atoms. The van der Waals surface area contributed by atoms with Crippen molar-refractivity contribution in [2.75, 3.05) is 38.3 Å². The van der Waals surface area contributed by atoms with Gasteiger partial charge in [0.05, 0.1) is 25.5 Å². The molecule has 3 heterocycles. The molecule has 1 fully saturated rings. The number of morpholine rings is 1. The van der Waals surface area contributed by atoms with Gasteiger partial charge in [-0.1, -0.05) is 6.07 Å². The van der Waals surface area contributed by atoms with E-state index in [9.17, 15) is 0 Å². The van der Waals surface area contributed by atoms with E-state index in [2.05, 4.69) is 27.5 Å². The van der Waals surface area contributed by atoms with Gasteiger partial charge in [0.25, 0.3) is 0 Å². The fraction of sp³-hybridized carbons (Fsp3) is 0.583. The first-order chi connectivity index (χ1) is 8.36. The Balaban J connectivity index is 1.80. The lowest BCUT2D eigenvalue weighted by Gasteiger charge is -2.28. The summed E-state index contributed by atoms with van der Waals surface area (Å²) < 4.78 is 5.36. The van der Waals surface area contributed by atoms with Crippen LogP contribution in [0.25, 0.3) is 0 Å². The van der Waals surface area contributed by atoms with Crippen molar-refractivity contribution in [3.63, 3.8) is 0 Å². The molecule has 0 saturated carbocycles. The van der Waals surface area contributed by atoms with E-state index in [-0.39, 0.29) is 0 Å². The summed E-state index contributed by atoms with van der Waals surface area (Å²) >= 11 is 0. The molecule has 1 aromatic rings. The van der Waals surface area contributed by atoms with Crippen molar-refractivity contribution in [2.45, 2.75) is 13.1 Å². The zero-order valence-electron chi connectivity index (χ0n) is 10.1. The number of rotatable bonds is 2. The molecular weight excluding hydrogens is 216 g/mol. The second-order valence-corrected chi connectivity index (χ2v) is 4.45. The Morgan fingerprint density at radius 1 is 1.24 bits per heavy atom. The maximum atomic E-state index is 5.36. The highest BCUT2D eigenvalue weighted by molar-refractivity contribution is 5.43. The second kappa shape index (κ2) is 4.60. The number of nitrogens with one attached hydrogen (secondary N) is 1. The van der Waals surface area contributed by atoms with Crippen LogP contribution in [0.2, 0.25) is 0 Å². The predicted molar refractivity (Wildman–Crippen MR) is 65.6 cm³/mol. The third kappa shape index (κ3) is 2.13. The molecule has 5 nitrogen and oxygen atoms in total. The molecule has 0 aromatic carbocycles. The number of hydrazine groups is 1. The van der Waals surface area contributed by atoms with Crippen LogP contribution < -0.4 is 10.3 Å². The quantitative estimate of drug-likeness (QED) is 0.800. The smallest absolute Gasteiger partial charge is 0.129 e. The molecule has 2 aliphatic rings. The molecule has 17 heavy (non-hydrogen) atoms. The van der Waals surface area contributed by atoms with Crippen molar-refractivity contribution in [1.29, 1.82) is 0 Å². The SMILES string of the molecule is CNN1Cc2ccc(N3CCOCC3)nc2C1. The molecule has 2 aliphatic heterocycles. The van der Waals surface area contributed by atoms with Crippen LogP contribution in [0.3, 0.4) is 0 Å². The number of ether oxygens (including phenoxy) is 1. The van der Waals surface area contributed by atoms with Gasteiger partial charge in [-0.15, -0.1) is 0 Å². The summed E-state index contributed by atoms with van der Waals surface area (Å²) in [5, 5.41) is 2.17. The standard InChI is InChI=1S/C12H18N4O/c1-13-16-8-10-2-3-12(14-11(10)9-16)15-4-6-17-7-5-15/h2-3,13H,4-9H2,1H3.